The highest BCUT2D eigenvalue weighted by atomic mass is 19.1. The molecular weight excluding hydrogens is 607 g/mol. The van der Waals surface area contributed by atoms with Gasteiger partial charge in [0.2, 0.25) is 0 Å². The van der Waals surface area contributed by atoms with Crippen molar-refractivity contribution in [1.29, 1.82) is 0 Å². The number of aromatic nitrogens is 2. The van der Waals surface area contributed by atoms with E-state index in [1.54, 1.807) is 48.5 Å². The van der Waals surface area contributed by atoms with Crippen molar-refractivity contribution >= 4 is 40.7 Å². The first-order chi connectivity index (χ1) is 22.7. The summed E-state index contributed by atoms with van der Waals surface area (Å²) in [6.07, 6.45) is -0.935. The van der Waals surface area contributed by atoms with Crippen LogP contribution in [0.3, 0.4) is 0 Å². The van der Waals surface area contributed by atoms with Crippen LogP contribution in [0.5, 0.6) is 0 Å². The molecule has 1 heterocycles. The molecule has 4 amide bonds. The lowest BCUT2D eigenvalue weighted by atomic mass is 10.1. The van der Waals surface area contributed by atoms with Crippen LogP contribution in [0, 0.1) is 5.82 Å². The van der Waals surface area contributed by atoms with Gasteiger partial charge in [-0.05, 0) is 59.7 Å². The van der Waals surface area contributed by atoms with Gasteiger partial charge < -0.3 is 35.7 Å². The van der Waals surface area contributed by atoms with Gasteiger partial charge in [-0.3, -0.25) is 4.79 Å². The molecule has 0 unspecified atom stereocenters. The molecule has 1 atom stereocenters. The monoisotopic (exact) mass is 638 g/mol. The van der Waals surface area contributed by atoms with Gasteiger partial charge in [0.15, 0.2) is 0 Å². The number of anilines is 1. The molecule has 0 spiro atoms. The van der Waals surface area contributed by atoms with E-state index in [9.17, 15) is 28.7 Å². The fraction of sp³-hybridized carbons (Fsp3) is 0.147. The average molecular weight is 639 g/mol. The van der Waals surface area contributed by atoms with Gasteiger partial charge in [0.1, 0.15) is 24.3 Å². The number of aliphatic carboxylic acids is 1. The van der Waals surface area contributed by atoms with Gasteiger partial charge in [-0.1, -0.05) is 54.6 Å². The molecule has 0 saturated carbocycles. The summed E-state index contributed by atoms with van der Waals surface area (Å²) in [5.41, 5.74) is 3.65. The van der Waals surface area contributed by atoms with Crippen molar-refractivity contribution in [3.8, 4) is 0 Å². The minimum absolute atomic E-state index is 0.0404. The number of carbonyl (C=O) groups is 4. The number of para-hydroxylation sites is 2. The van der Waals surface area contributed by atoms with Crippen molar-refractivity contribution in [2.75, 3.05) is 11.9 Å². The molecule has 240 valence electrons. The van der Waals surface area contributed by atoms with E-state index in [1.807, 2.05) is 30.3 Å². The molecule has 0 bridgehead atoms. The van der Waals surface area contributed by atoms with Crippen molar-refractivity contribution in [2.45, 2.75) is 25.7 Å². The Morgan fingerprint density at radius 1 is 0.851 bits per heavy atom. The Hall–Kier alpha value is -6.24. The topological polar surface area (TPSA) is 166 Å². The zero-order valence-corrected chi connectivity index (χ0v) is 25.0. The molecule has 1 aromatic heterocycles. The molecule has 5 rings (SSSR count). The maximum absolute atomic E-state index is 13.4. The molecule has 0 aliphatic carbocycles. The number of H-pyrrole nitrogens is 1. The van der Waals surface area contributed by atoms with Crippen LogP contribution in [0.15, 0.2) is 103 Å². The minimum atomic E-state index is -1.42. The molecule has 0 saturated heterocycles. The number of hydrogen-bond donors (Lipinski definition) is 5. The number of carboxylic acid groups (broad SMARTS) is 1. The number of hydrogen-bond acceptors (Lipinski definition) is 6. The third kappa shape index (κ3) is 9.14. The van der Waals surface area contributed by atoms with E-state index in [0.717, 1.165) is 16.6 Å². The van der Waals surface area contributed by atoms with Gasteiger partial charge in [-0.2, -0.15) is 0 Å². The van der Waals surface area contributed by atoms with Crippen LogP contribution in [-0.4, -0.2) is 56.6 Å². The van der Waals surface area contributed by atoms with E-state index in [-0.39, 0.29) is 31.8 Å². The average Bonchev–Trinajstić information content (AvgIpc) is 3.49. The third-order valence-corrected chi connectivity index (χ3v) is 7.02. The van der Waals surface area contributed by atoms with Crippen molar-refractivity contribution < 1.29 is 33.4 Å². The second-order valence-electron chi connectivity index (χ2n) is 10.5. The number of nitrogens with one attached hydrogen (secondary N) is 4. The summed E-state index contributed by atoms with van der Waals surface area (Å²) in [5.74, 6) is -1.78. The first-order valence-electron chi connectivity index (χ1n) is 14.6. The Balaban J connectivity index is 1.20. The van der Waals surface area contributed by atoms with E-state index >= 15 is 0 Å². The van der Waals surface area contributed by atoms with Crippen LogP contribution in [0.25, 0.3) is 11.0 Å². The normalized spacial score (nSPS) is 11.3. The zero-order valence-electron chi connectivity index (χ0n) is 25.0. The number of halogens is 1. The Morgan fingerprint density at radius 2 is 1.55 bits per heavy atom. The molecule has 5 aromatic rings. The standard InChI is InChI=1S/C34H31FN6O6/c35-25-14-16-26(17-15-25)37-33(45)41(20-30-38-27-8-4-5-9-28(27)39-30)19-22-10-12-24(13-11-22)31(42)36-18-29(32(43)44)40-34(46)47-21-23-6-2-1-3-7-23/h1-17,29H,18-21H2,(H,36,42)(H,37,45)(H,38,39)(H,40,46)(H,43,44)/t29-/m0/s1. The van der Waals surface area contributed by atoms with Crippen molar-refractivity contribution in [2.24, 2.45) is 0 Å². The number of imidazole rings is 1. The molecule has 0 aliphatic heterocycles. The van der Waals surface area contributed by atoms with Crippen molar-refractivity contribution in [3.05, 3.63) is 131 Å². The Kier molecular flexibility index (Phi) is 10.4. The van der Waals surface area contributed by atoms with E-state index in [2.05, 4.69) is 25.9 Å². The number of carbonyl (C=O) groups excluding carboxylic acids is 3. The largest absolute Gasteiger partial charge is 0.480 e. The summed E-state index contributed by atoms with van der Waals surface area (Å²) in [4.78, 5) is 59.2. The lowest BCUT2D eigenvalue weighted by Gasteiger charge is -2.22. The number of urea groups is 1. The molecule has 5 N–H and O–H groups in total. The Labute approximate surface area is 268 Å². The number of ether oxygens (including phenoxy) is 1. The Bertz CT molecular complexity index is 1810. The predicted molar refractivity (Wildman–Crippen MR) is 171 cm³/mol. The highest BCUT2D eigenvalue weighted by molar-refractivity contribution is 5.94. The molecule has 0 aliphatic rings. The van der Waals surface area contributed by atoms with Crippen LogP contribution < -0.4 is 16.0 Å². The van der Waals surface area contributed by atoms with Crippen LogP contribution in [0.2, 0.25) is 0 Å². The molecule has 4 aromatic carbocycles. The number of amides is 4. The molecule has 12 nitrogen and oxygen atoms in total. The number of benzene rings is 4. The summed E-state index contributed by atoms with van der Waals surface area (Å²) in [6, 6.07) is 26.3. The highest BCUT2D eigenvalue weighted by Gasteiger charge is 2.22. The van der Waals surface area contributed by atoms with Crippen molar-refractivity contribution in [1.82, 2.24) is 25.5 Å². The zero-order chi connectivity index (χ0) is 33.2. The summed E-state index contributed by atoms with van der Waals surface area (Å²) in [5, 5.41) is 17.0. The fourth-order valence-corrected chi connectivity index (χ4v) is 4.58. The van der Waals surface area contributed by atoms with Gasteiger partial charge in [0.05, 0.1) is 17.6 Å². The molecule has 0 radical (unpaired) electrons. The summed E-state index contributed by atoms with van der Waals surface area (Å²) in [6.45, 7) is -0.157. The number of aromatic amines is 1. The lowest BCUT2D eigenvalue weighted by molar-refractivity contribution is -0.139. The first-order valence-corrected chi connectivity index (χ1v) is 14.6. The second kappa shape index (κ2) is 15.2. The fourth-order valence-electron chi connectivity index (χ4n) is 4.58. The number of nitrogens with zero attached hydrogens (tertiary/aromatic N) is 2. The third-order valence-electron chi connectivity index (χ3n) is 7.02. The number of alkyl carbamates (subject to hydrolysis) is 1. The van der Waals surface area contributed by atoms with Crippen LogP contribution in [-0.2, 0) is 29.2 Å². The first kappa shape index (κ1) is 32.2. The van der Waals surface area contributed by atoms with Crippen LogP contribution in [0.1, 0.15) is 27.3 Å². The van der Waals surface area contributed by atoms with Crippen LogP contribution >= 0.6 is 0 Å². The van der Waals surface area contributed by atoms with Gasteiger partial charge in [0.25, 0.3) is 5.91 Å². The molecule has 13 heteroatoms. The van der Waals surface area contributed by atoms with Gasteiger partial charge in [-0.25, -0.2) is 23.8 Å². The Morgan fingerprint density at radius 3 is 2.26 bits per heavy atom. The SMILES string of the molecule is O=C(N[C@@H](CNC(=O)c1ccc(CN(Cc2nc3ccccc3[nH]2)C(=O)Nc2ccc(F)cc2)cc1)C(=O)O)OCc1ccccc1. The number of rotatable bonds is 12. The molecule has 0 fully saturated rings. The van der Waals surface area contributed by atoms with E-state index in [4.69, 9.17) is 4.74 Å². The van der Waals surface area contributed by atoms with E-state index in [0.29, 0.717) is 17.1 Å². The number of fused-ring (bicyclic) bond motifs is 1. The summed E-state index contributed by atoms with van der Waals surface area (Å²) >= 11 is 0. The van der Waals surface area contributed by atoms with E-state index < -0.39 is 35.9 Å². The maximum Gasteiger partial charge on any atom is 0.408 e. The summed E-state index contributed by atoms with van der Waals surface area (Å²) < 4.78 is 18.5. The van der Waals surface area contributed by atoms with Crippen molar-refractivity contribution in [3.63, 3.8) is 0 Å². The second-order valence-corrected chi connectivity index (χ2v) is 10.5. The van der Waals surface area contributed by atoms with Crippen LogP contribution in [0.4, 0.5) is 19.7 Å². The summed E-state index contributed by atoms with van der Waals surface area (Å²) in [7, 11) is 0. The lowest BCUT2D eigenvalue weighted by Crippen LogP contribution is -2.48. The molecule has 47 heavy (non-hydrogen) atoms. The van der Waals surface area contributed by atoms with Gasteiger partial charge in [0, 0.05) is 24.3 Å². The number of carboxylic acids is 1. The highest BCUT2D eigenvalue weighted by Crippen LogP contribution is 2.17. The minimum Gasteiger partial charge on any atom is -0.480 e. The van der Waals surface area contributed by atoms with E-state index in [1.165, 1.54) is 29.2 Å². The van der Waals surface area contributed by atoms with Gasteiger partial charge >= 0.3 is 18.1 Å². The van der Waals surface area contributed by atoms with Gasteiger partial charge in [-0.15, -0.1) is 0 Å². The smallest absolute Gasteiger partial charge is 0.408 e. The molecular formula is C34H31FN6O6. The maximum atomic E-state index is 13.4. The predicted octanol–water partition coefficient (Wildman–Crippen LogP) is 5.05. The quantitative estimate of drug-likeness (QED) is 0.128.